The number of thiophene rings is 1. The van der Waals surface area contributed by atoms with Crippen LogP contribution >= 0.6 is 23.1 Å². The van der Waals surface area contributed by atoms with E-state index in [2.05, 4.69) is 11.6 Å². The lowest BCUT2D eigenvalue weighted by Gasteiger charge is -2.20. The van der Waals surface area contributed by atoms with Crippen LogP contribution < -0.4 is 5.73 Å². The van der Waals surface area contributed by atoms with Gasteiger partial charge in [0.1, 0.15) is 0 Å². The predicted molar refractivity (Wildman–Crippen MR) is 89.3 cm³/mol. The third-order valence-corrected chi connectivity index (χ3v) is 4.52. The standard InChI is InChI=1S/C15H17N3OS2/c1-2-7-18(10-13-4-3-8-20-13)15(19)11-21-14-6-5-12(16)9-17-14/h2-6,8-9H,1,7,10-11,16H2. The molecule has 0 spiro atoms. The topological polar surface area (TPSA) is 59.2 Å². The number of amides is 1. The van der Waals surface area contributed by atoms with Gasteiger partial charge in [-0.15, -0.1) is 17.9 Å². The predicted octanol–water partition coefficient (Wildman–Crippen LogP) is 3.03. The summed E-state index contributed by atoms with van der Waals surface area (Å²) in [6.07, 6.45) is 3.34. The Hall–Kier alpha value is -1.79. The van der Waals surface area contributed by atoms with Crippen molar-refractivity contribution in [2.75, 3.05) is 18.0 Å². The van der Waals surface area contributed by atoms with E-state index < -0.39 is 0 Å². The fourth-order valence-corrected chi connectivity index (χ4v) is 3.17. The van der Waals surface area contributed by atoms with Crippen LogP contribution in [0.25, 0.3) is 0 Å². The number of thioether (sulfide) groups is 1. The van der Waals surface area contributed by atoms with Gasteiger partial charge in [0.05, 0.1) is 29.2 Å². The summed E-state index contributed by atoms with van der Waals surface area (Å²) in [5.74, 6) is 0.433. The second-order valence-corrected chi connectivity index (χ2v) is 6.39. The Kier molecular flexibility index (Phi) is 5.83. The van der Waals surface area contributed by atoms with Crippen molar-refractivity contribution < 1.29 is 4.79 Å². The minimum atomic E-state index is 0.0759. The number of carbonyl (C=O) groups excluding carboxylic acids is 1. The number of nitrogens with zero attached hydrogens (tertiary/aromatic N) is 2. The summed E-state index contributed by atoms with van der Waals surface area (Å²) in [6.45, 7) is 4.89. The molecule has 0 atom stereocenters. The molecule has 2 rings (SSSR count). The van der Waals surface area contributed by atoms with E-state index in [1.54, 1.807) is 34.6 Å². The van der Waals surface area contributed by atoms with Crippen LogP contribution in [0.5, 0.6) is 0 Å². The maximum absolute atomic E-state index is 12.3. The Balaban J connectivity index is 1.91. The summed E-state index contributed by atoms with van der Waals surface area (Å²) in [7, 11) is 0. The van der Waals surface area contributed by atoms with E-state index in [1.807, 2.05) is 23.6 Å². The van der Waals surface area contributed by atoms with Crippen molar-refractivity contribution in [2.45, 2.75) is 11.6 Å². The van der Waals surface area contributed by atoms with E-state index in [9.17, 15) is 4.79 Å². The van der Waals surface area contributed by atoms with E-state index >= 15 is 0 Å². The lowest BCUT2D eigenvalue weighted by molar-refractivity contribution is -0.128. The van der Waals surface area contributed by atoms with Crippen molar-refractivity contribution >= 4 is 34.7 Å². The molecule has 6 heteroatoms. The van der Waals surface area contributed by atoms with Gasteiger partial charge in [0.25, 0.3) is 0 Å². The van der Waals surface area contributed by atoms with Crippen molar-refractivity contribution in [3.8, 4) is 0 Å². The zero-order valence-electron chi connectivity index (χ0n) is 11.6. The monoisotopic (exact) mass is 319 g/mol. The largest absolute Gasteiger partial charge is 0.397 e. The fraction of sp³-hybridized carbons (Fsp3) is 0.200. The molecule has 2 aromatic rings. The van der Waals surface area contributed by atoms with Crippen LogP contribution in [0.15, 0.2) is 53.5 Å². The lowest BCUT2D eigenvalue weighted by Crippen LogP contribution is -2.31. The smallest absolute Gasteiger partial charge is 0.233 e. The zero-order chi connectivity index (χ0) is 15.1. The van der Waals surface area contributed by atoms with Gasteiger partial charge in [-0.05, 0) is 23.6 Å². The normalized spacial score (nSPS) is 10.3. The van der Waals surface area contributed by atoms with Crippen molar-refractivity contribution in [2.24, 2.45) is 0 Å². The Morgan fingerprint density at radius 1 is 1.48 bits per heavy atom. The van der Waals surface area contributed by atoms with Gasteiger partial charge >= 0.3 is 0 Å². The van der Waals surface area contributed by atoms with E-state index in [0.29, 0.717) is 24.5 Å². The van der Waals surface area contributed by atoms with E-state index in [-0.39, 0.29) is 5.91 Å². The summed E-state index contributed by atoms with van der Waals surface area (Å²) in [4.78, 5) is 19.5. The number of aromatic nitrogens is 1. The van der Waals surface area contributed by atoms with Gasteiger partial charge in [-0.2, -0.15) is 0 Å². The number of hydrogen-bond donors (Lipinski definition) is 1. The third-order valence-electron chi connectivity index (χ3n) is 2.73. The Labute approximate surface area is 132 Å². The van der Waals surface area contributed by atoms with Crippen LogP contribution in [0.4, 0.5) is 5.69 Å². The second kappa shape index (κ2) is 7.85. The summed E-state index contributed by atoms with van der Waals surface area (Å²) in [6, 6.07) is 7.63. The first-order valence-electron chi connectivity index (χ1n) is 6.44. The maximum Gasteiger partial charge on any atom is 0.233 e. The zero-order valence-corrected chi connectivity index (χ0v) is 13.2. The molecular weight excluding hydrogens is 302 g/mol. The lowest BCUT2D eigenvalue weighted by atomic mass is 10.4. The molecule has 0 aromatic carbocycles. The number of nitrogen functional groups attached to an aromatic ring is 1. The summed E-state index contributed by atoms with van der Waals surface area (Å²) < 4.78 is 0. The van der Waals surface area contributed by atoms with Crippen molar-refractivity contribution in [1.29, 1.82) is 0 Å². The molecule has 0 bridgehead atoms. The van der Waals surface area contributed by atoms with E-state index in [0.717, 1.165) is 5.03 Å². The van der Waals surface area contributed by atoms with Gasteiger partial charge in [0.15, 0.2) is 0 Å². The van der Waals surface area contributed by atoms with Crippen molar-refractivity contribution in [3.05, 3.63) is 53.4 Å². The molecular formula is C15H17N3OS2. The molecule has 0 aliphatic heterocycles. The van der Waals surface area contributed by atoms with Crippen LogP contribution in [0.1, 0.15) is 4.88 Å². The molecule has 0 aliphatic rings. The molecule has 0 unspecified atom stereocenters. The van der Waals surface area contributed by atoms with Gasteiger partial charge < -0.3 is 10.6 Å². The van der Waals surface area contributed by atoms with Crippen LogP contribution in [0.2, 0.25) is 0 Å². The minimum absolute atomic E-state index is 0.0759. The molecule has 0 aliphatic carbocycles. The first-order chi connectivity index (χ1) is 10.2. The molecule has 0 saturated heterocycles. The number of rotatable bonds is 7. The molecule has 1 amide bonds. The van der Waals surface area contributed by atoms with Gasteiger partial charge in [0.2, 0.25) is 5.91 Å². The Bertz CT molecular complexity index is 581. The average Bonchev–Trinajstić information content (AvgIpc) is 2.99. The summed E-state index contributed by atoms with van der Waals surface area (Å²) in [5.41, 5.74) is 6.21. The van der Waals surface area contributed by atoms with E-state index in [1.165, 1.54) is 16.6 Å². The van der Waals surface area contributed by atoms with Crippen molar-refractivity contribution in [1.82, 2.24) is 9.88 Å². The fourth-order valence-electron chi connectivity index (χ4n) is 1.71. The van der Waals surface area contributed by atoms with Crippen LogP contribution in [-0.2, 0) is 11.3 Å². The maximum atomic E-state index is 12.3. The van der Waals surface area contributed by atoms with Crippen LogP contribution in [0, 0.1) is 0 Å². The molecule has 4 nitrogen and oxygen atoms in total. The SMILES string of the molecule is C=CCN(Cc1cccs1)C(=O)CSc1ccc(N)cn1. The van der Waals surface area contributed by atoms with Gasteiger partial charge in [-0.3, -0.25) is 4.79 Å². The number of anilines is 1. The number of nitrogens with two attached hydrogens (primary N) is 1. The minimum Gasteiger partial charge on any atom is -0.397 e. The molecule has 2 heterocycles. The molecule has 0 fully saturated rings. The Morgan fingerprint density at radius 3 is 2.95 bits per heavy atom. The molecule has 2 aromatic heterocycles. The molecule has 21 heavy (non-hydrogen) atoms. The first kappa shape index (κ1) is 15.6. The number of hydrogen-bond acceptors (Lipinski definition) is 5. The average molecular weight is 319 g/mol. The molecule has 0 saturated carbocycles. The highest BCUT2D eigenvalue weighted by Crippen LogP contribution is 2.18. The summed E-state index contributed by atoms with van der Waals surface area (Å²) in [5, 5.41) is 2.81. The number of pyridine rings is 1. The van der Waals surface area contributed by atoms with E-state index in [4.69, 9.17) is 5.73 Å². The highest BCUT2D eigenvalue weighted by Gasteiger charge is 2.13. The van der Waals surface area contributed by atoms with Crippen LogP contribution in [0.3, 0.4) is 0 Å². The Morgan fingerprint density at radius 2 is 2.33 bits per heavy atom. The molecule has 2 N–H and O–H groups in total. The van der Waals surface area contributed by atoms with Gasteiger partial charge in [-0.1, -0.05) is 23.9 Å². The highest BCUT2D eigenvalue weighted by atomic mass is 32.2. The molecule has 110 valence electrons. The summed E-state index contributed by atoms with van der Waals surface area (Å²) >= 11 is 3.06. The highest BCUT2D eigenvalue weighted by molar-refractivity contribution is 7.99. The second-order valence-electron chi connectivity index (χ2n) is 4.36. The van der Waals surface area contributed by atoms with Crippen LogP contribution in [-0.4, -0.2) is 28.1 Å². The van der Waals surface area contributed by atoms with Crippen molar-refractivity contribution in [3.63, 3.8) is 0 Å². The molecule has 0 radical (unpaired) electrons. The van der Waals surface area contributed by atoms with Gasteiger partial charge in [-0.25, -0.2) is 4.98 Å². The quantitative estimate of drug-likeness (QED) is 0.629. The van der Waals surface area contributed by atoms with Gasteiger partial charge in [0, 0.05) is 11.4 Å². The number of carbonyl (C=O) groups is 1. The third kappa shape index (κ3) is 4.91. The first-order valence-corrected chi connectivity index (χ1v) is 8.31.